The molecule has 0 saturated carbocycles. The molecule has 0 aromatic heterocycles. The monoisotopic (exact) mass is 253 g/mol. The largest absolute Gasteiger partial charge is 0.481 e. The summed E-state index contributed by atoms with van der Waals surface area (Å²) in [6.07, 6.45) is 4.02. The van der Waals surface area contributed by atoms with Crippen LogP contribution in [-0.4, -0.2) is 34.2 Å². The minimum Gasteiger partial charge on any atom is -0.481 e. The number of nitrogens with one attached hydrogen (secondary N) is 1. The molecule has 2 aliphatic rings. The molecule has 0 aromatic rings. The van der Waals surface area contributed by atoms with Crippen molar-refractivity contribution in [3.63, 3.8) is 0 Å². The first-order valence-electron chi connectivity index (χ1n) is 6.32. The van der Waals surface area contributed by atoms with E-state index in [1.165, 1.54) is 0 Å². The van der Waals surface area contributed by atoms with Gasteiger partial charge in [-0.15, -0.1) is 0 Å². The highest BCUT2D eigenvalue weighted by Gasteiger charge is 2.38. The van der Waals surface area contributed by atoms with Gasteiger partial charge < -0.3 is 15.5 Å². The molecule has 1 aliphatic carbocycles. The molecular formula is C13H19NO4. The van der Waals surface area contributed by atoms with Gasteiger partial charge in [0.25, 0.3) is 0 Å². The lowest BCUT2D eigenvalue weighted by atomic mass is 9.78. The van der Waals surface area contributed by atoms with Gasteiger partial charge in [0.05, 0.1) is 5.92 Å². The van der Waals surface area contributed by atoms with Crippen LogP contribution in [0.15, 0.2) is 11.6 Å². The zero-order chi connectivity index (χ0) is 13.3. The maximum absolute atomic E-state index is 11.2. The minimum atomic E-state index is -0.905. The van der Waals surface area contributed by atoms with Crippen LogP contribution in [0.2, 0.25) is 0 Å². The van der Waals surface area contributed by atoms with E-state index in [4.69, 9.17) is 10.2 Å². The first-order chi connectivity index (χ1) is 8.41. The molecule has 1 saturated heterocycles. The molecule has 3 unspecified atom stereocenters. The van der Waals surface area contributed by atoms with E-state index in [2.05, 4.69) is 12.2 Å². The Morgan fingerprint density at radius 1 is 1.50 bits per heavy atom. The summed E-state index contributed by atoms with van der Waals surface area (Å²) in [4.78, 5) is 22.2. The lowest BCUT2D eigenvalue weighted by Crippen LogP contribution is -2.26. The van der Waals surface area contributed by atoms with Crippen LogP contribution in [-0.2, 0) is 9.59 Å². The van der Waals surface area contributed by atoms with Crippen LogP contribution in [0.5, 0.6) is 0 Å². The van der Waals surface area contributed by atoms with Gasteiger partial charge in [-0.3, -0.25) is 4.79 Å². The highest BCUT2D eigenvalue weighted by Crippen LogP contribution is 2.35. The minimum absolute atomic E-state index is 0.128. The third-order valence-corrected chi connectivity index (χ3v) is 4.05. The third kappa shape index (κ3) is 2.90. The van der Waals surface area contributed by atoms with Crippen LogP contribution < -0.4 is 5.32 Å². The van der Waals surface area contributed by atoms with Crippen molar-refractivity contribution >= 4 is 11.9 Å². The number of hydrogen-bond acceptors (Lipinski definition) is 3. The number of carboxylic acids is 2. The normalized spacial score (nSPS) is 34.8. The molecule has 5 heteroatoms. The molecule has 1 heterocycles. The Kier molecular flexibility index (Phi) is 3.43. The first-order valence-corrected chi connectivity index (χ1v) is 6.32. The molecule has 0 radical (unpaired) electrons. The van der Waals surface area contributed by atoms with E-state index in [0.717, 1.165) is 19.4 Å². The molecule has 100 valence electrons. The van der Waals surface area contributed by atoms with Crippen LogP contribution in [0.25, 0.3) is 0 Å². The number of aliphatic carboxylic acids is 2. The van der Waals surface area contributed by atoms with E-state index in [0.29, 0.717) is 18.4 Å². The number of carbonyl (C=O) groups is 2. The van der Waals surface area contributed by atoms with Crippen LogP contribution >= 0.6 is 0 Å². The van der Waals surface area contributed by atoms with E-state index < -0.39 is 17.9 Å². The molecule has 0 aromatic carbocycles. The Labute approximate surface area is 106 Å². The Bertz CT molecular complexity index is 398. The Balaban J connectivity index is 2.02. The Hall–Kier alpha value is -1.36. The lowest BCUT2D eigenvalue weighted by Gasteiger charge is -2.26. The second-order valence-corrected chi connectivity index (χ2v) is 5.62. The molecule has 1 aliphatic heterocycles. The SMILES string of the molecule is CC1(CCC2CC(C(=O)O)CC=C2C(=O)O)CN1. The number of rotatable bonds is 5. The van der Waals surface area contributed by atoms with Crippen molar-refractivity contribution in [3.05, 3.63) is 11.6 Å². The second kappa shape index (κ2) is 4.72. The summed E-state index contributed by atoms with van der Waals surface area (Å²) in [5.74, 6) is -2.29. The smallest absolute Gasteiger partial charge is 0.331 e. The van der Waals surface area contributed by atoms with E-state index in [1.54, 1.807) is 6.08 Å². The molecule has 0 bridgehead atoms. The van der Waals surface area contributed by atoms with Gasteiger partial charge in [0, 0.05) is 17.7 Å². The maximum atomic E-state index is 11.2. The summed E-state index contributed by atoms with van der Waals surface area (Å²) in [5, 5.41) is 21.4. The first kappa shape index (κ1) is 13.1. The van der Waals surface area contributed by atoms with Crippen molar-refractivity contribution in [2.45, 2.75) is 38.1 Å². The zero-order valence-electron chi connectivity index (χ0n) is 10.5. The molecule has 0 amide bonds. The topological polar surface area (TPSA) is 96.5 Å². The second-order valence-electron chi connectivity index (χ2n) is 5.62. The summed E-state index contributed by atoms with van der Waals surface area (Å²) in [6, 6.07) is 0. The van der Waals surface area contributed by atoms with E-state index in [9.17, 15) is 9.59 Å². The van der Waals surface area contributed by atoms with Crippen molar-refractivity contribution in [2.75, 3.05) is 6.54 Å². The van der Waals surface area contributed by atoms with Gasteiger partial charge >= 0.3 is 11.9 Å². The van der Waals surface area contributed by atoms with Crippen LogP contribution in [0.1, 0.15) is 32.6 Å². The number of hydrogen-bond donors (Lipinski definition) is 3. The number of allylic oxidation sites excluding steroid dienone is 1. The van der Waals surface area contributed by atoms with Gasteiger partial charge in [0.15, 0.2) is 0 Å². The van der Waals surface area contributed by atoms with E-state index in [-0.39, 0.29) is 11.5 Å². The molecule has 18 heavy (non-hydrogen) atoms. The highest BCUT2D eigenvalue weighted by atomic mass is 16.4. The van der Waals surface area contributed by atoms with Gasteiger partial charge in [-0.25, -0.2) is 4.79 Å². The summed E-state index contributed by atoms with van der Waals surface area (Å²) >= 11 is 0. The Morgan fingerprint density at radius 3 is 2.67 bits per heavy atom. The average molecular weight is 253 g/mol. The van der Waals surface area contributed by atoms with Crippen LogP contribution in [0.3, 0.4) is 0 Å². The summed E-state index contributed by atoms with van der Waals surface area (Å²) in [6.45, 7) is 3.07. The van der Waals surface area contributed by atoms with Crippen molar-refractivity contribution < 1.29 is 19.8 Å². The fraction of sp³-hybridized carbons (Fsp3) is 0.692. The summed E-state index contributed by atoms with van der Waals surface area (Å²) in [5.41, 5.74) is 0.538. The van der Waals surface area contributed by atoms with E-state index >= 15 is 0 Å². The number of carboxylic acid groups (broad SMARTS) is 2. The van der Waals surface area contributed by atoms with Gasteiger partial charge in [-0.1, -0.05) is 6.08 Å². The van der Waals surface area contributed by atoms with Crippen molar-refractivity contribution in [1.82, 2.24) is 5.32 Å². The van der Waals surface area contributed by atoms with Gasteiger partial charge in [-0.2, -0.15) is 0 Å². The highest BCUT2D eigenvalue weighted by molar-refractivity contribution is 5.88. The molecule has 3 atom stereocenters. The molecule has 0 spiro atoms. The molecular weight excluding hydrogens is 234 g/mol. The average Bonchev–Trinajstić information content (AvgIpc) is 3.04. The zero-order valence-corrected chi connectivity index (χ0v) is 10.5. The quantitative estimate of drug-likeness (QED) is 0.641. The standard InChI is InChI=1S/C13H19NO4/c1-13(7-14-13)5-4-8-6-9(11(15)16)2-3-10(8)12(17)18/h3,8-9,14H,2,4-7H2,1H3,(H,15,16)(H,17,18). The summed E-state index contributed by atoms with van der Waals surface area (Å²) in [7, 11) is 0. The predicted octanol–water partition coefficient (Wildman–Crippen LogP) is 1.25. The van der Waals surface area contributed by atoms with E-state index in [1.807, 2.05) is 0 Å². The maximum Gasteiger partial charge on any atom is 0.331 e. The predicted molar refractivity (Wildman–Crippen MR) is 65.2 cm³/mol. The molecule has 2 rings (SSSR count). The molecule has 3 N–H and O–H groups in total. The van der Waals surface area contributed by atoms with Crippen molar-refractivity contribution in [2.24, 2.45) is 11.8 Å². The third-order valence-electron chi connectivity index (χ3n) is 4.05. The van der Waals surface area contributed by atoms with Crippen LogP contribution in [0.4, 0.5) is 0 Å². The fourth-order valence-electron chi connectivity index (χ4n) is 2.56. The van der Waals surface area contributed by atoms with Gasteiger partial charge in [-0.05, 0) is 38.5 Å². The van der Waals surface area contributed by atoms with Crippen molar-refractivity contribution in [1.29, 1.82) is 0 Å². The molecule has 1 fully saturated rings. The fourth-order valence-corrected chi connectivity index (χ4v) is 2.56. The van der Waals surface area contributed by atoms with Crippen molar-refractivity contribution in [3.8, 4) is 0 Å². The Morgan fingerprint density at radius 2 is 2.17 bits per heavy atom. The van der Waals surface area contributed by atoms with Gasteiger partial charge in [0.2, 0.25) is 0 Å². The van der Waals surface area contributed by atoms with Crippen LogP contribution in [0, 0.1) is 11.8 Å². The lowest BCUT2D eigenvalue weighted by molar-refractivity contribution is -0.143. The molecule has 5 nitrogen and oxygen atoms in total. The van der Waals surface area contributed by atoms with Gasteiger partial charge in [0.1, 0.15) is 0 Å². The summed E-state index contributed by atoms with van der Waals surface area (Å²) < 4.78 is 0.